The molecule has 0 radical (unpaired) electrons. The zero-order valence-corrected chi connectivity index (χ0v) is 20.7. The molecule has 2 aromatic carbocycles. The van der Waals surface area contributed by atoms with Crippen molar-refractivity contribution in [3.8, 4) is 39.7 Å². The van der Waals surface area contributed by atoms with Crippen molar-refractivity contribution in [3.63, 3.8) is 0 Å². The van der Waals surface area contributed by atoms with Crippen molar-refractivity contribution in [1.29, 1.82) is 0 Å². The van der Waals surface area contributed by atoms with Crippen LogP contribution in [0.5, 0.6) is 5.75 Å². The van der Waals surface area contributed by atoms with Crippen LogP contribution in [0, 0.1) is 5.82 Å². The van der Waals surface area contributed by atoms with Crippen molar-refractivity contribution >= 4 is 22.1 Å². The number of halogens is 1. The maximum Gasteiger partial charge on any atom is 0.161 e. The van der Waals surface area contributed by atoms with Crippen molar-refractivity contribution in [2.24, 2.45) is 7.05 Å². The molecule has 37 heavy (non-hydrogen) atoms. The summed E-state index contributed by atoms with van der Waals surface area (Å²) in [6.07, 6.45) is 3.69. The second-order valence-corrected chi connectivity index (χ2v) is 9.18. The summed E-state index contributed by atoms with van der Waals surface area (Å²) < 4.78 is 22.1. The van der Waals surface area contributed by atoms with Crippen molar-refractivity contribution in [2.75, 3.05) is 27.2 Å². The third kappa shape index (κ3) is 4.43. The second kappa shape index (κ2) is 9.14. The van der Waals surface area contributed by atoms with Crippen molar-refractivity contribution < 1.29 is 9.13 Å². The number of fused-ring (bicyclic) bond motifs is 2. The Hall–Kier alpha value is -4.57. The minimum atomic E-state index is -0.365. The monoisotopic (exact) mass is 496 g/mol. The minimum Gasteiger partial charge on any atom is -0.492 e. The third-order valence-electron chi connectivity index (χ3n) is 6.13. The van der Waals surface area contributed by atoms with Crippen molar-refractivity contribution in [3.05, 3.63) is 66.7 Å². The number of para-hydroxylation sites is 1. The van der Waals surface area contributed by atoms with Gasteiger partial charge in [-0.2, -0.15) is 10.2 Å². The van der Waals surface area contributed by atoms with E-state index in [1.54, 1.807) is 10.9 Å². The molecule has 4 heterocycles. The number of rotatable bonds is 7. The maximum atomic E-state index is 14.5. The highest BCUT2D eigenvalue weighted by atomic mass is 19.1. The number of pyridine rings is 1. The van der Waals surface area contributed by atoms with Gasteiger partial charge >= 0.3 is 0 Å². The molecule has 0 aliphatic carbocycles. The lowest BCUT2D eigenvalue weighted by molar-refractivity contribution is 0.260. The number of nitrogens with zero attached hydrogens (tertiary/aromatic N) is 6. The summed E-state index contributed by atoms with van der Waals surface area (Å²) in [6, 6.07) is 14.4. The lowest BCUT2D eigenvalue weighted by Crippen LogP contribution is -2.19. The van der Waals surface area contributed by atoms with Gasteiger partial charge in [-0.3, -0.25) is 9.78 Å². The molecule has 4 aromatic heterocycles. The second-order valence-electron chi connectivity index (χ2n) is 9.18. The average molecular weight is 497 g/mol. The summed E-state index contributed by atoms with van der Waals surface area (Å²) in [4.78, 5) is 15.1. The van der Waals surface area contributed by atoms with E-state index >= 15 is 0 Å². The lowest BCUT2D eigenvalue weighted by Gasteiger charge is -2.12. The number of benzene rings is 2. The van der Waals surface area contributed by atoms with Crippen molar-refractivity contribution in [2.45, 2.75) is 0 Å². The topological polar surface area (TPSA) is 101 Å². The van der Waals surface area contributed by atoms with Crippen LogP contribution in [-0.4, -0.2) is 67.1 Å². The third-order valence-corrected chi connectivity index (χ3v) is 6.13. The molecule has 0 fully saturated rings. The molecule has 0 spiro atoms. The normalized spacial score (nSPS) is 11.7. The number of aryl methyl sites for hydroxylation is 1. The van der Waals surface area contributed by atoms with E-state index in [0.717, 1.165) is 34.4 Å². The van der Waals surface area contributed by atoms with E-state index in [0.29, 0.717) is 40.5 Å². The molecule has 186 valence electrons. The number of ether oxygens (including phenoxy) is 1. The van der Waals surface area contributed by atoms with Gasteiger partial charge in [0.1, 0.15) is 23.7 Å². The zero-order valence-electron chi connectivity index (χ0n) is 20.7. The van der Waals surface area contributed by atoms with E-state index < -0.39 is 0 Å². The highest BCUT2D eigenvalue weighted by Gasteiger charge is 2.17. The molecule has 9 nitrogen and oxygen atoms in total. The van der Waals surface area contributed by atoms with Crippen LogP contribution in [0.2, 0.25) is 0 Å². The van der Waals surface area contributed by atoms with Crippen LogP contribution < -0.4 is 4.74 Å². The summed E-state index contributed by atoms with van der Waals surface area (Å²) >= 11 is 0. The number of H-pyrrole nitrogens is 2. The lowest BCUT2D eigenvalue weighted by atomic mass is 10.0. The van der Waals surface area contributed by atoms with Gasteiger partial charge in [0.2, 0.25) is 0 Å². The SMILES string of the molecule is CN(C)CCOc1cc(F)cc(-c2cccc3[nH]c(-c4n[nH]c5ccc(-c6cnn(C)c6)nc45)nc23)c1. The Labute approximate surface area is 211 Å². The number of hydrogen-bond acceptors (Lipinski definition) is 6. The Morgan fingerprint density at radius 1 is 1.00 bits per heavy atom. The Morgan fingerprint density at radius 3 is 2.70 bits per heavy atom. The molecule has 0 atom stereocenters. The standard InChI is InChI=1S/C27H25FN8O/c1-35(2)9-10-37-19-12-16(11-18(28)13-19)20-5-4-6-22-24(20)32-27(31-22)26-25-23(33-34-26)8-7-21(30-25)17-14-29-36(3)15-17/h4-8,11-15H,9-10H2,1-3H3,(H,31,32)(H,33,34). The molecule has 0 unspecified atom stereocenters. The van der Waals surface area contributed by atoms with E-state index in [1.165, 1.54) is 12.1 Å². The fourth-order valence-corrected chi connectivity index (χ4v) is 4.30. The Morgan fingerprint density at radius 2 is 1.89 bits per heavy atom. The summed E-state index contributed by atoms with van der Waals surface area (Å²) in [7, 11) is 5.80. The van der Waals surface area contributed by atoms with Crippen LogP contribution in [0.25, 0.3) is 56.0 Å². The first kappa shape index (κ1) is 22.9. The molecule has 6 aromatic rings. The van der Waals surface area contributed by atoms with E-state index in [-0.39, 0.29) is 5.82 Å². The van der Waals surface area contributed by atoms with Crippen LogP contribution in [-0.2, 0) is 7.05 Å². The number of likely N-dealkylation sites (N-methyl/N-ethyl adjacent to an activating group) is 1. The van der Waals surface area contributed by atoms with Crippen LogP contribution >= 0.6 is 0 Å². The Kier molecular flexibility index (Phi) is 5.65. The quantitative estimate of drug-likeness (QED) is 0.334. The first-order valence-corrected chi connectivity index (χ1v) is 11.9. The predicted octanol–water partition coefficient (Wildman–Crippen LogP) is 4.65. The van der Waals surface area contributed by atoms with Gasteiger partial charge in [0, 0.05) is 37.0 Å². The molecule has 0 aliphatic rings. The number of nitrogens with one attached hydrogen (secondary N) is 2. The molecule has 0 saturated heterocycles. The van der Waals surface area contributed by atoms with E-state index in [4.69, 9.17) is 14.7 Å². The average Bonchev–Trinajstić information content (AvgIpc) is 3.60. The van der Waals surface area contributed by atoms with E-state index in [9.17, 15) is 4.39 Å². The van der Waals surface area contributed by atoms with E-state index in [1.807, 2.05) is 68.6 Å². The maximum absolute atomic E-state index is 14.5. The molecule has 0 aliphatic heterocycles. The van der Waals surface area contributed by atoms with Gasteiger partial charge in [-0.15, -0.1) is 0 Å². The largest absolute Gasteiger partial charge is 0.492 e. The summed E-state index contributed by atoms with van der Waals surface area (Å²) in [5.74, 6) is 0.689. The fraction of sp³-hybridized carbons (Fsp3) is 0.185. The summed E-state index contributed by atoms with van der Waals surface area (Å²) in [6.45, 7) is 1.20. The van der Waals surface area contributed by atoms with Crippen molar-refractivity contribution in [1.82, 2.24) is 39.8 Å². The van der Waals surface area contributed by atoms with Gasteiger partial charge in [-0.25, -0.2) is 14.4 Å². The summed E-state index contributed by atoms with van der Waals surface area (Å²) in [5.41, 5.74) is 6.81. The first-order valence-electron chi connectivity index (χ1n) is 11.9. The molecular formula is C27H25FN8O. The summed E-state index contributed by atoms with van der Waals surface area (Å²) in [5, 5.41) is 11.8. The first-order chi connectivity index (χ1) is 17.9. The van der Waals surface area contributed by atoms with Gasteiger partial charge in [-0.05, 0) is 50.0 Å². The Balaban J connectivity index is 1.40. The molecule has 2 N–H and O–H groups in total. The molecule has 6 rings (SSSR count). The molecule has 0 amide bonds. The van der Waals surface area contributed by atoms with Gasteiger partial charge < -0.3 is 14.6 Å². The molecule has 0 bridgehead atoms. The highest BCUT2D eigenvalue weighted by Crippen LogP contribution is 2.33. The Bertz CT molecular complexity index is 1730. The molecular weight excluding hydrogens is 471 g/mol. The van der Waals surface area contributed by atoms with Gasteiger partial charge in [0.05, 0.1) is 28.4 Å². The fourth-order valence-electron chi connectivity index (χ4n) is 4.30. The highest BCUT2D eigenvalue weighted by molar-refractivity contribution is 5.96. The van der Waals surface area contributed by atoms with Gasteiger partial charge in [0.25, 0.3) is 0 Å². The van der Waals surface area contributed by atoms with Gasteiger partial charge in [0.15, 0.2) is 11.5 Å². The number of aromatic nitrogens is 7. The number of imidazole rings is 1. The number of aromatic amines is 2. The predicted molar refractivity (Wildman–Crippen MR) is 141 cm³/mol. The van der Waals surface area contributed by atoms with E-state index in [2.05, 4.69) is 20.3 Å². The van der Waals surface area contributed by atoms with Gasteiger partial charge in [-0.1, -0.05) is 12.1 Å². The van der Waals surface area contributed by atoms with Crippen LogP contribution in [0.4, 0.5) is 4.39 Å². The minimum absolute atomic E-state index is 0.365. The van der Waals surface area contributed by atoms with Crippen LogP contribution in [0.3, 0.4) is 0 Å². The van der Waals surface area contributed by atoms with Crippen LogP contribution in [0.1, 0.15) is 0 Å². The molecule has 0 saturated carbocycles. The molecule has 10 heteroatoms. The zero-order chi connectivity index (χ0) is 25.5. The number of hydrogen-bond donors (Lipinski definition) is 2. The van der Waals surface area contributed by atoms with Crippen LogP contribution in [0.15, 0.2) is 60.9 Å². The smallest absolute Gasteiger partial charge is 0.161 e.